The summed E-state index contributed by atoms with van der Waals surface area (Å²) in [6, 6.07) is 3.66. The Bertz CT molecular complexity index is 1040. The van der Waals surface area contributed by atoms with Gasteiger partial charge in [-0.25, -0.2) is 8.42 Å². The van der Waals surface area contributed by atoms with Crippen molar-refractivity contribution in [2.24, 2.45) is 0 Å². The Labute approximate surface area is 150 Å². The smallest absolute Gasteiger partial charge is 0.244 e. The molecule has 25 heavy (non-hydrogen) atoms. The number of aryl methyl sites for hydroxylation is 3. The van der Waals surface area contributed by atoms with Gasteiger partial charge in [0.1, 0.15) is 5.69 Å². The van der Waals surface area contributed by atoms with Crippen molar-refractivity contribution in [2.45, 2.75) is 38.6 Å². The summed E-state index contributed by atoms with van der Waals surface area (Å²) in [7, 11) is -3.55. The van der Waals surface area contributed by atoms with Gasteiger partial charge in [-0.05, 0) is 32.9 Å². The normalized spacial score (nSPS) is 15.5. The summed E-state index contributed by atoms with van der Waals surface area (Å²) < 4.78 is 27.9. The lowest BCUT2D eigenvalue weighted by Crippen LogP contribution is -2.36. The molecule has 1 aliphatic rings. The Morgan fingerprint density at radius 1 is 1.16 bits per heavy atom. The average molecular weight is 377 g/mol. The van der Waals surface area contributed by atoms with Crippen molar-refractivity contribution in [3.05, 3.63) is 39.7 Å². The molecule has 132 valence electrons. The summed E-state index contributed by atoms with van der Waals surface area (Å²) in [6.45, 7) is 6.51. The second-order valence-corrected chi connectivity index (χ2v) is 9.49. The third-order valence-corrected chi connectivity index (χ3v) is 7.71. The fourth-order valence-electron chi connectivity index (χ4n) is 3.14. The van der Waals surface area contributed by atoms with E-state index in [2.05, 4.69) is 20.4 Å². The number of hydrogen-bond acceptors (Lipinski definition) is 5. The molecule has 0 bridgehead atoms. The number of nitrogens with one attached hydrogen (secondary N) is 2. The summed E-state index contributed by atoms with van der Waals surface area (Å²) in [5.41, 5.74) is 4.62. The van der Waals surface area contributed by atoms with E-state index in [0.29, 0.717) is 24.4 Å². The van der Waals surface area contributed by atoms with Crippen LogP contribution < -0.4 is 0 Å². The van der Waals surface area contributed by atoms with Crippen LogP contribution in [0.3, 0.4) is 0 Å². The molecule has 4 heterocycles. The van der Waals surface area contributed by atoms with Crippen LogP contribution in [0.5, 0.6) is 0 Å². The Hall–Kier alpha value is -1.97. The van der Waals surface area contributed by atoms with Crippen LogP contribution in [0.1, 0.15) is 27.5 Å². The van der Waals surface area contributed by atoms with E-state index in [-0.39, 0.29) is 0 Å². The van der Waals surface area contributed by atoms with Crippen LogP contribution in [-0.4, -0.2) is 39.7 Å². The first-order valence-corrected chi connectivity index (χ1v) is 10.3. The second-order valence-electron chi connectivity index (χ2n) is 6.33. The zero-order valence-corrected chi connectivity index (χ0v) is 15.9. The number of sulfonamides is 1. The van der Waals surface area contributed by atoms with Gasteiger partial charge < -0.3 is 0 Å². The lowest BCUT2D eigenvalue weighted by atomic mass is 10.1. The first-order valence-electron chi connectivity index (χ1n) is 8.02. The number of aromatic amines is 2. The molecule has 4 rings (SSSR count). The monoisotopic (exact) mass is 377 g/mol. The third kappa shape index (κ3) is 2.72. The maximum absolute atomic E-state index is 13.2. The quantitative estimate of drug-likeness (QED) is 0.733. The Kier molecular flexibility index (Phi) is 3.82. The molecule has 0 radical (unpaired) electrons. The molecule has 0 aliphatic carbocycles. The molecule has 0 aromatic carbocycles. The van der Waals surface area contributed by atoms with Gasteiger partial charge in [-0.15, -0.1) is 11.3 Å². The maximum atomic E-state index is 13.2. The van der Waals surface area contributed by atoms with Gasteiger partial charge in [0.2, 0.25) is 10.0 Å². The fraction of sp³-hybridized carbons (Fsp3) is 0.375. The number of H-pyrrole nitrogens is 2. The summed E-state index contributed by atoms with van der Waals surface area (Å²) in [5.74, 6) is 0. The lowest BCUT2D eigenvalue weighted by molar-refractivity contribution is 0.389. The molecule has 0 amide bonds. The number of rotatable bonds is 3. The zero-order chi connectivity index (χ0) is 17.8. The Morgan fingerprint density at radius 3 is 2.68 bits per heavy atom. The molecule has 0 fully saturated rings. The average Bonchev–Trinajstić information content (AvgIpc) is 3.27. The molecule has 0 saturated heterocycles. The van der Waals surface area contributed by atoms with Gasteiger partial charge in [0.15, 0.2) is 0 Å². The number of fused-ring (bicyclic) bond motifs is 1. The van der Waals surface area contributed by atoms with Gasteiger partial charge in [-0.3, -0.25) is 10.2 Å². The van der Waals surface area contributed by atoms with Crippen molar-refractivity contribution in [1.82, 2.24) is 24.7 Å². The molecular weight excluding hydrogens is 358 g/mol. The van der Waals surface area contributed by atoms with Crippen molar-refractivity contribution >= 4 is 21.4 Å². The van der Waals surface area contributed by atoms with Gasteiger partial charge in [0, 0.05) is 41.3 Å². The highest BCUT2D eigenvalue weighted by atomic mass is 32.2. The summed E-state index contributed by atoms with van der Waals surface area (Å²) in [4.78, 5) is 2.01. The van der Waals surface area contributed by atoms with Crippen LogP contribution >= 0.6 is 11.3 Å². The first kappa shape index (κ1) is 16.5. The predicted octanol–water partition coefficient (Wildman–Crippen LogP) is 2.53. The van der Waals surface area contributed by atoms with Crippen LogP contribution in [0, 0.1) is 20.8 Å². The van der Waals surface area contributed by atoms with Crippen molar-refractivity contribution in [1.29, 1.82) is 0 Å². The number of aromatic nitrogens is 4. The molecular formula is C16H19N5O2S2. The molecule has 3 aromatic rings. The van der Waals surface area contributed by atoms with Crippen LogP contribution in [0.4, 0.5) is 0 Å². The van der Waals surface area contributed by atoms with E-state index in [9.17, 15) is 8.42 Å². The van der Waals surface area contributed by atoms with Crippen LogP contribution in [-0.2, 0) is 23.0 Å². The van der Waals surface area contributed by atoms with E-state index in [1.165, 1.54) is 11.3 Å². The Morgan fingerprint density at radius 2 is 1.96 bits per heavy atom. The highest BCUT2D eigenvalue weighted by molar-refractivity contribution is 7.89. The summed E-state index contributed by atoms with van der Waals surface area (Å²) >= 11 is 1.46. The maximum Gasteiger partial charge on any atom is 0.244 e. The molecule has 0 saturated carbocycles. The van der Waals surface area contributed by atoms with Crippen molar-refractivity contribution in [3.8, 4) is 10.6 Å². The number of thiophene rings is 1. The SMILES string of the molecule is Cc1cc(-c2cc(S(=O)(=O)N3CCc4n[nH]c(C)c4C3)c(C)s2)n[nH]1. The molecule has 0 atom stereocenters. The molecule has 0 unspecified atom stereocenters. The minimum Gasteiger partial charge on any atom is -0.282 e. The topological polar surface area (TPSA) is 94.7 Å². The third-order valence-electron chi connectivity index (χ3n) is 4.54. The first-order chi connectivity index (χ1) is 11.9. The van der Waals surface area contributed by atoms with Gasteiger partial charge in [-0.2, -0.15) is 14.5 Å². The molecule has 7 nitrogen and oxygen atoms in total. The van der Waals surface area contributed by atoms with E-state index in [1.807, 2.05) is 26.8 Å². The van der Waals surface area contributed by atoms with Crippen LogP contribution in [0.25, 0.3) is 10.6 Å². The van der Waals surface area contributed by atoms with E-state index in [4.69, 9.17) is 0 Å². The highest BCUT2D eigenvalue weighted by Gasteiger charge is 2.32. The van der Waals surface area contributed by atoms with E-state index >= 15 is 0 Å². The largest absolute Gasteiger partial charge is 0.282 e. The van der Waals surface area contributed by atoms with Crippen molar-refractivity contribution in [2.75, 3.05) is 6.54 Å². The van der Waals surface area contributed by atoms with E-state index in [0.717, 1.165) is 38.1 Å². The predicted molar refractivity (Wildman–Crippen MR) is 96.0 cm³/mol. The molecule has 0 spiro atoms. The summed E-state index contributed by atoms with van der Waals surface area (Å²) in [5, 5.41) is 14.3. The van der Waals surface area contributed by atoms with Crippen LogP contribution in [0.15, 0.2) is 17.0 Å². The molecule has 1 aliphatic heterocycles. The molecule has 2 N–H and O–H groups in total. The Balaban J connectivity index is 1.69. The molecule has 9 heteroatoms. The lowest BCUT2D eigenvalue weighted by Gasteiger charge is -2.26. The van der Waals surface area contributed by atoms with Gasteiger partial charge in [-0.1, -0.05) is 0 Å². The van der Waals surface area contributed by atoms with E-state index < -0.39 is 10.0 Å². The minimum atomic E-state index is -3.55. The molecule has 3 aromatic heterocycles. The van der Waals surface area contributed by atoms with Crippen molar-refractivity contribution in [3.63, 3.8) is 0 Å². The van der Waals surface area contributed by atoms with E-state index in [1.54, 1.807) is 10.4 Å². The zero-order valence-electron chi connectivity index (χ0n) is 14.3. The summed E-state index contributed by atoms with van der Waals surface area (Å²) in [6.07, 6.45) is 0.632. The fourth-order valence-corrected chi connectivity index (χ4v) is 6.07. The number of nitrogens with zero attached hydrogens (tertiary/aromatic N) is 3. The van der Waals surface area contributed by atoms with Gasteiger partial charge >= 0.3 is 0 Å². The van der Waals surface area contributed by atoms with Crippen molar-refractivity contribution < 1.29 is 8.42 Å². The minimum absolute atomic E-state index is 0.367. The number of hydrogen-bond donors (Lipinski definition) is 2. The van der Waals surface area contributed by atoms with Crippen LogP contribution in [0.2, 0.25) is 0 Å². The van der Waals surface area contributed by atoms with Gasteiger partial charge in [0.25, 0.3) is 0 Å². The standard InChI is InChI=1S/C16H19N5O2S2/c1-9-6-14(20-17-9)15-7-16(11(3)24-15)25(22,23)21-5-4-13-12(8-21)10(2)18-19-13/h6-7H,4-5,8H2,1-3H3,(H,17,20)(H,18,19). The second kappa shape index (κ2) is 5.79. The van der Waals surface area contributed by atoms with Gasteiger partial charge in [0.05, 0.1) is 15.5 Å². The highest BCUT2D eigenvalue weighted by Crippen LogP contribution is 2.35.